The summed E-state index contributed by atoms with van der Waals surface area (Å²) in [6.07, 6.45) is -0.451. The Morgan fingerprint density at radius 1 is 0.944 bits per heavy atom. The molecule has 0 bridgehead atoms. The van der Waals surface area contributed by atoms with E-state index in [9.17, 15) is 9.59 Å². The molecule has 0 radical (unpaired) electrons. The number of carbonyl (C=O) groups is 2. The van der Waals surface area contributed by atoms with Gasteiger partial charge in [-0.3, -0.25) is 9.59 Å². The number of carbonyl (C=O) groups excluding carboxylic acids is 2. The zero-order valence-electron chi connectivity index (χ0n) is 12.1. The van der Waals surface area contributed by atoms with Gasteiger partial charge < -0.3 is 15.4 Å². The normalized spacial score (nSPS) is 12.6. The highest BCUT2D eigenvalue weighted by atomic mass is 16.5. The number of hydrogen-bond donors (Lipinski definition) is 2. The first-order valence-electron chi connectivity index (χ1n) is 6.51. The molecule has 0 fully saturated rings. The van der Waals surface area contributed by atoms with E-state index in [1.165, 1.54) is 0 Å². The quantitative estimate of drug-likeness (QED) is 0.637. The van der Waals surface area contributed by atoms with Crippen LogP contribution in [0.25, 0.3) is 0 Å². The van der Waals surface area contributed by atoms with Gasteiger partial charge in [0.25, 0.3) is 0 Å². The topological polar surface area (TPSA) is 67.4 Å². The number of rotatable bonds is 8. The highest BCUT2D eigenvalue weighted by Gasteiger charge is 2.13. The Balaban J connectivity index is 3.67. The summed E-state index contributed by atoms with van der Waals surface area (Å²) < 4.78 is 5.38. The molecule has 0 saturated carbocycles. The molecule has 0 aromatic rings. The maximum absolute atomic E-state index is 11.6. The number of nitrogens with one attached hydrogen (secondary N) is 2. The first kappa shape index (κ1) is 16.9. The Bertz CT molecular complexity index is 265. The molecule has 0 aliphatic heterocycles. The summed E-state index contributed by atoms with van der Waals surface area (Å²) in [6, 6.07) is 0. The molecule has 2 N–H and O–H groups in total. The van der Waals surface area contributed by atoms with Crippen molar-refractivity contribution in [2.24, 2.45) is 11.8 Å². The lowest BCUT2D eigenvalue weighted by Crippen LogP contribution is -2.40. The molecule has 2 amide bonds. The summed E-state index contributed by atoms with van der Waals surface area (Å²) in [5, 5.41) is 5.45. The van der Waals surface area contributed by atoms with E-state index >= 15 is 0 Å². The zero-order chi connectivity index (χ0) is 14.1. The molecule has 0 unspecified atom stereocenters. The van der Waals surface area contributed by atoms with Crippen LogP contribution in [0, 0.1) is 11.8 Å². The van der Waals surface area contributed by atoms with Gasteiger partial charge in [-0.15, -0.1) is 0 Å². The Morgan fingerprint density at radius 3 is 1.89 bits per heavy atom. The molecule has 5 nitrogen and oxygen atoms in total. The Kier molecular flexibility index (Phi) is 8.37. The van der Waals surface area contributed by atoms with Gasteiger partial charge in [-0.05, 0) is 12.8 Å². The zero-order valence-corrected chi connectivity index (χ0v) is 12.1. The molecule has 0 spiro atoms. The molecule has 0 aromatic carbocycles. The van der Waals surface area contributed by atoms with Gasteiger partial charge in [0.1, 0.15) is 6.10 Å². The second-order valence-electron chi connectivity index (χ2n) is 5.11. The summed E-state index contributed by atoms with van der Waals surface area (Å²) >= 11 is 0. The second-order valence-corrected chi connectivity index (χ2v) is 5.11. The highest BCUT2D eigenvalue weighted by molar-refractivity contribution is 5.80. The van der Waals surface area contributed by atoms with E-state index in [-0.39, 0.29) is 17.7 Å². The lowest BCUT2D eigenvalue weighted by Gasteiger charge is -2.15. The van der Waals surface area contributed by atoms with Crippen molar-refractivity contribution in [1.82, 2.24) is 10.6 Å². The van der Waals surface area contributed by atoms with Gasteiger partial charge in [-0.25, -0.2) is 0 Å². The van der Waals surface area contributed by atoms with Crippen molar-refractivity contribution >= 4 is 11.8 Å². The van der Waals surface area contributed by atoms with Crippen LogP contribution < -0.4 is 10.6 Å². The average molecular weight is 258 g/mol. The first-order valence-corrected chi connectivity index (χ1v) is 6.51. The van der Waals surface area contributed by atoms with E-state index < -0.39 is 6.10 Å². The van der Waals surface area contributed by atoms with Gasteiger partial charge in [0, 0.05) is 25.6 Å². The minimum absolute atomic E-state index is 0.00615. The molecule has 0 heterocycles. The number of hydrogen-bond acceptors (Lipinski definition) is 3. The predicted octanol–water partition coefficient (Wildman–Crippen LogP) is 0.936. The fourth-order valence-corrected chi connectivity index (χ4v) is 1.13. The van der Waals surface area contributed by atoms with E-state index in [4.69, 9.17) is 4.74 Å². The van der Waals surface area contributed by atoms with Crippen molar-refractivity contribution in [2.75, 3.05) is 19.7 Å². The highest BCUT2D eigenvalue weighted by Crippen LogP contribution is 1.97. The van der Waals surface area contributed by atoms with E-state index in [0.717, 1.165) is 0 Å². The van der Waals surface area contributed by atoms with Crippen molar-refractivity contribution in [3.05, 3.63) is 0 Å². The van der Waals surface area contributed by atoms with Crippen LogP contribution in [0.4, 0.5) is 0 Å². The third-order valence-corrected chi connectivity index (χ3v) is 2.30. The van der Waals surface area contributed by atoms with Crippen molar-refractivity contribution in [3.8, 4) is 0 Å². The first-order chi connectivity index (χ1) is 8.34. The van der Waals surface area contributed by atoms with Crippen molar-refractivity contribution in [2.45, 2.75) is 40.7 Å². The summed E-state index contributed by atoms with van der Waals surface area (Å²) in [7, 11) is 0. The number of amides is 2. The molecule has 0 rings (SSSR count). The van der Waals surface area contributed by atoms with Crippen LogP contribution in [0.5, 0.6) is 0 Å². The lowest BCUT2D eigenvalue weighted by molar-refractivity contribution is -0.132. The van der Waals surface area contributed by atoms with E-state index in [1.807, 2.05) is 27.7 Å². The van der Waals surface area contributed by atoms with Crippen molar-refractivity contribution in [1.29, 1.82) is 0 Å². The molecule has 5 heteroatoms. The van der Waals surface area contributed by atoms with Gasteiger partial charge in [0.05, 0.1) is 0 Å². The average Bonchev–Trinajstić information content (AvgIpc) is 2.30. The lowest BCUT2D eigenvalue weighted by atomic mass is 10.2. The Hall–Kier alpha value is -1.10. The molecular formula is C13H26N2O3. The Morgan fingerprint density at radius 2 is 1.44 bits per heavy atom. The third kappa shape index (κ3) is 8.06. The molecule has 0 saturated heterocycles. The number of ether oxygens (including phenoxy) is 1. The summed E-state index contributed by atoms with van der Waals surface area (Å²) in [4.78, 5) is 22.8. The largest absolute Gasteiger partial charge is 0.368 e. The van der Waals surface area contributed by atoms with Crippen molar-refractivity contribution < 1.29 is 14.3 Å². The van der Waals surface area contributed by atoms with Crippen LogP contribution in [-0.2, 0) is 14.3 Å². The minimum atomic E-state index is -0.451. The molecule has 1 atom stereocenters. The molecule has 106 valence electrons. The smallest absolute Gasteiger partial charge is 0.248 e. The van der Waals surface area contributed by atoms with Gasteiger partial charge in [0.2, 0.25) is 11.8 Å². The SMILES string of the molecule is CC(C)CO[C@@H](C)C(=O)NCCNC(=O)C(C)C. The third-order valence-electron chi connectivity index (χ3n) is 2.30. The predicted molar refractivity (Wildman–Crippen MR) is 71.1 cm³/mol. The van der Waals surface area contributed by atoms with Crippen LogP contribution in [0.3, 0.4) is 0 Å². The minimum Gasteiger partial charge on any atom is -0.368 e. The van der Waals surface area contributed by atoms with Gasteiger partial charge >= 0.3 is 0 Å². The fraction of sp³-hybridized carbons (Fsp3) is 0.846. The van der Waals surface area contributed by atoms with Crippen LogP contribution in [0.2, 0.25) is 0 Å². The van der Waals surface area contributed by atoms with Crippen LogP contribution >= 0.6 is 0 Å². The summed E-state index contributed by atoms with van der Waals surface area (Å²) in [6.45, 7) is 10.9. The van der Waals surface area contributed by atoms with Crippen molar-refractivity contribution in [3.63, 3.8) is 0 Å². The molecular weight excluding hydrogens is 232 g/mol. The molecule has 18 heavy (non-hydrogen) atoms. The second kappa shape index (κ2) is 8.91. The van der Waals surface area contributed by atoms with Gasteiger partial charge in [0.15, 0.2) is 0 Å². The van der Waals surface area contributed by atoms with E-state index in [2.05, 4.69) is 10.6 Å². The van der Waals surface area contributed by atoms with Crippen LogP contribution in [-0.4, -0.2) is 37.6 Å². The monoisotopic (exact) mass is 258 g/mol. The standard InChI is InChI=1S/C13H26N2O3/c1-9(2)8-18-11(5)13(17)15-7-6-14-12(16)10(3)4/h9-11H,6-8H2,1-5H3,(H,14,16)(H,15,17)/t11-/m0/s1. The van der Waals surface area contributed by atoms with Crippen LogP contribution in [0.1, 0.15) is 34.6 Å². The summed E-state index contributed by atoms with van der Waals surface area (Å²) in [5.74, 6) is 0.224. The van der Waals surface area contributed by atoms with E-state index in [0.29, 0.717) is 25.6 Å². The van der Waals surface area contributed by atoms with E-state index in [1.54, 1.807) is 6.92 Å². The molecule has 0 aromatic heterocycles. The molecule has 0 aliphatic rings. The van der Waals surface area contributed by atoms with Gasteiger partial charge in [-0.2, -0.15) is 0 Å². The van der Waals surface area contributed by atoms with Gasteiger partial charge in [-0.1, -0.05) is 27.7 Å². The van der Waals surface area contributed by atoms with Crippen LogP contribution in [0.15, 0.2) is 0 Å². The Labute approximate surface area is 110 Å². The molecule has 0 aliphatic carbocycles. The summed E-state index contributed by atoms with van der Waals surface area (Å²) in [5.41, 5.74) is 0. The maximum Gasteiger partial charge on any atom is 0.248 e. The fourth-order valence-electron chi connectivity index (χ4n) is 1.13. The maximum atomic E-state index is 11.6.